The number of aryl methyl sites for hydroxylation is 1. The van der Waals surface area contributed by atoms with E-state index in [1.54, 1.807) is 6.26 Å². The average molecular weight is 328 g/mol. The fourth-order valence-corrected chi connectivity index (χ4v) is 3.38. The molecule has 2 rings (SSSR count). The Labute approximate surface area is 141 Å². The smallest absolute Gasteiger partial charge is 0.129 e. The van der Waals surface area contributed by atoms with Crippen LogP contribution in [0.5, 0.6) is 0 Å². The van der Waals surface area contributed by atoms with Crippen molar-refractivity contribution in [3.63, 3.8) is 0 Å². The van der Waals surface area contributed by atoms with Crippen molar-refractivity contribution in [3.8, 4) is 11.1 Å². The van der Waals surface area contributed by atoms with Gasteiger partial charge in [0.2, 0.25) is 0 Å². The van der Waals surface area contributed by atoms with E-state index in [-0.39, 0.29) is 5.41 Å². The lowest BCUT2D eigenvalue weighted by Crippen LogP contribution is -2.25. The third-order valence-electron chi connectivity index (χ3n) is 3.48. The Morgan fingerprint density at radius 1 is 1.04 bits per heavy atom. The SMILES string of the molecule is Cc1ccc(-c2ccccc2N/N=C(/S(C)=O)C(C)(C)C)cc1. The largest absolute Gasteiger partial charge is 0.277 e. The summed E-state index contributed by atoms with van der Waals surface area (Å²) < 4.78 is 11.9. The number of hydrogen-bond acceptors (Lipinski definition) is 3. The van der Waals surface area contributed by atoms with E-state index < -0.39 is 10.8 Å². The Kier molecular flexibility index (Phi) is 5.37. The van der Waals surface area contributed by atoms with Crippen molar-refractivity contribution in [1.82, 2.24) is 0 Å². The normalized spacial score (nSPS) is 13.7. The number of anilines is 1. The van der Waals surface area contributed by atoms with Gasteiger partial charge in [-0.2, -0.15) is 5.10 Å². The number of para-hydroxylation sites is 1. The van der Waals surface area contributed by atoms with Crippen molar-refractivity contribution in [2.24, 2.45) is 10.5 Å². The van der Waals surface area contributed by atoms with Crippen LogP contribution in [0.2, 0.25) is 0 Å². The van der Waals surface area contributed by atoms with Crippen molar-refractivity contribution >= 4 is 21.5 Å². The molecule has 1 N–H and O–H groups in total. The van der Waals surface area contributed by atoms with E-state index in [9.17, 15) is 4.21 Å². The van der Waals surface area contributed by atoms with E-state index in [0.717, 1.165) is 16.8 Å². The highest BCUT2D eigenvalue weighted by atomic mass is 32.2. The second-order valence-corrected chi connectivity index (χ2v) is 7.94. The molecule has 0 spiro atoms. The predicted octanol–water partition coefficient (Wildman–Crippen LogP) is 4.81. The van der Waals surface area contributed by atoms with Gasteiger partial charge in [0.25, 0.3) is 0 Å². The summed E-state index contributed by atoms with van der Waals surface area (Å²) in [5.41, 5.74) is 7.20. The second-order valence-electron chi connectivity index (χ2n) is 6.64. The molecule has 0 bridgehead atoms. The Balaban J connectivity index is 2.38. The van der Waals surface area contributed by atoms with Crippen LogP contribution in [0.3, 0.4) is 0 Å². The third kappa shape index (κ3) is 4.52. The average Bonchev–Trinajstić information content (AvgIpc) is 2.47. The maximum Gasteiger partial charge on any atom is 0.129 e. The molecular formula is C19H24N2OS. The van der Waals surface area contributed by atoms with E-state index in [4.69, 9.17) is 0 Å². The molecule has 1 unspecified atom stereocenters. The van der Waals surface area contributed by atoms with Crippen LogP contribution in [-0.2, 0) is 10.8 Å². The summed E-state index contributed by atoms with van der Waals surface area (Å²) in [6.45, 7) is 8.12. The van der Waals surface area contributed by atoms with Gasteiger partial charge in [-0.1, -0.05) is 68.8 Å². The summed E-state index contributed by atoms with van der Waals surface area (Å²) >= 11 is 0. The monoisotopic (exact) mass is 328 g/mol. The van der Waals surface area contributed by atoms with Crippen LogP contribution in [0, 0.1) is 12.3 Å². The molecule has 2 aromatic rings. The lowest BCUT2D eigenvalue weighted by Gasteiger charge is -2.19. The lowest BCUT2D eigenvalue weighted by molar-refractivity contribution is 0.596. The topological polar surface area (TPSA) is 41.5 Å². The quantitative estimate of drug-likeness (QED) is 0.499. The van der Waals surface area contributed by atoms with Crippen molar-refractivity contribution < 1.29 is 4.21 Å². The first kappa shape index (κ1) is 17.4. The van der Waals surface area contributed by atoms with Crippen LogP contribution in [0.15, 0.2) is 53.6 Å². The van der Waals surface area contributed by atoms with Crippen LogP contribution in [0.1, 0.15) is 26.3 Å². The Morgan fingerprint density at radius 2 is 1.65 bits per heavy atom. The van der Waals surface area contributed by atoms with Gasteiger partial charge in [0.1, 0.15) is 5.04 Å². The Morgan fingerprint density at radius 3 is 2.22 bits per heavy atom. The van der Waals surface area contributed by atoms with Gasteiger partial charge in [-0.3, -0.25) is 9.63 Å². The maximum absolute atomic E-state index is 11.9. The van der Waals surface area contributed by atoms with Gasteiger partial charge < -0.3 is 0 Å². The summed E-state index contributed by atoms with van der Waals surface area (Å²) in [5, 5.41) is 5.08. The molecule has 0 aliphatic carbocycles. The van der Waals surface area contributed by atoms with Crippen molar-refractivity contribution in [3.05, 3.63) is 54.1 Å². The van der Waals surface area contributed by atoms with Crippen LogP contribution in [0.4, 0.5) is 5.69 Å². The number of benzene rings is 2. The van der Waals surface area contributed by atoms with Gasteiger partial charge in [0.15, 0.2) is 0 Å². The van der Waals surface area contributed by atoms with E-state index in [1.807, 2.05) is 39.0 Å². The predicted molar refractivity (Wildman–Crippen MR) is 101 cm³/mol. The summed E-state index contributed by atoms with van der Waals surface area (Å²) in [6.07, 6.45) is 1.66. The van der Waals surface area contributed by atoms with Crippen molar-refractivity contribution in [2.75, 3.05) is 11.7 Å². The minimum Gasteiger partial charge on any atom is -0.277 e. The molecule has 0 fully saturated rings. The van der Waals surface area contributed by atoms with E-state index >= 15 is 0 Å². The Bertz CT molecular complexity index is 728. The summed E-state index contributed by atoms with van der Waals surface area (Å²) in [5.74, 6) is 0. The van der Waals surface area contributed by atoms with E-state index in [1.165, 1.54) is 5.56 Å². The molecular weight excluding hydrogens is 304 g/mol. The zero-order valence-electron chi connectivity index (χ0n) is 14.4. The Hall–Kier alpha value is -1.94. The minimum atomic E-state index is -1.11. The first-order chi connectivity index (χ1) is 10.8. The molecule has 1 atom stereocenters. The number of nitrogens with zero attached hydrogens (tertiary/aromatic N) is 1. The molecule has 0 saturated heterocycles. The highest BCUT2D eigenvalue weighted by Crippen LogP contribution is 2.28. The summed E-state index contributed by atoms with van der Waals surface area (Å²) in [7, 11) is -1.11. The standard InChI is InChI=1S/C19H24N2OS/c1-14-10-12-15(13-11-14)16-8-6-7-9-17(16)20-21-18(23(5)22)19(2,3)4/h6-13,20H,1-5H3/b21-18+. The van der Waals surface area contributed by atoms with Gasteiger partial charge in [-0.25, -0.2) is 0 Å². The first-order valence-corrected chi connectivity index (χ1v) is 9.18. The molecule has 0 aromatic heterocycles. The molecule has 2 aromatic carbocycles. The van der Waals surface area contributed by atoms with Gasteiger partial charge in [0, 0.05) is 17.2 Å². The number of hydrazone groups is 1. The zero-order chi connectivity index (χ0) is 17.0. The molecule has 3 nitrogen and oxygen atoms in total. The number of hydrogen-bond donors (Lipinski definition) is 1. The molecule has 0 saturated carbocycles. The molecule has 4 heteroatoms. The van der Waals surface area contributed by atoms with Gasteiger partial charge in [0.05, 0.1) is 16.5 Å². The zero-order valence-corrected chi connectivity index (χ0v) is 15.2. The van der Waals surface area contributed by atoms with Crippen LogP contribution in [-0.4, -0.2) is 15.5 Å². The fraction of sp³-hybridized carbons (Fsp3) is 0.316. The molecule has 122 valence electrons. The molecule has 0 aliphatic heterocycles. The van der Waals surface area contributed by atoms with Gasteiger partial charge >= 0.3 is 0 Å². The van der Waals surface area contributed by atoms with Crippen molar-refractivity contribution in [2.45, 2.75) is 27.7 Å². The lowest BCUT2D eigenvalue weighted by atomic mass is 9.99. The van der Waals surface area contributed by atoms with E-state index in [0.29, 0.717) is 5.04 Å². The number of nitrogens with one attached hydrogen (secondary N) is 1. The molecule has 0 aliphatic rings. The second kappa shape index (κ2) is 7.09. The highest BCUT2D eigenvalue weighted by Gasteiger charge is 2.22. The maximum atomic E-state index is 11.9. The molecule has 0 heterocycles. The fourth-order valence-electron chi connectivity index (χ4n) is 2.34. The van der Waals surface area contributed by atoms with E-state index in [2.05, 4.69) is 47.8 Å². The van der Waals surface area contributed by atoms with Gasteiger partial charge in [-0.05, 0) is 18.6 Å². The number of rotatable bonds is 3. The van der Waals surface area contributed by atoms with Crippen molar-refractivity contribution in [1.29, 1.82) is 0 Å². The van der Waals surface area contributed by atoms with Crippen LogP contribution >= 0.6 is 0 Å². The summed E-state index contributed by atoms with van der Waals surface area (Å²) in [4.78, 5) is 0. The minimum absolute atomic E-state index is 0.245. The molecule has 0 radical (unpaired) electrons. The molecule has 23 heavy (non-hydrogen) atoms. The highest BCUT2D eigenvalue weighted by molar-refractivity contribution is 8.00. The summed E-state index contributed by atoms with van der Waals surface area (Å²) in [6, 6.07) is 16.4. The first-order valence-electron chi connectivity index (χ1n) is 7.62. The molecule has 0 amide bonds. The van der Waals surface area contributed by atoms with Gasteiger partial charge in [-0.15, -0.1) is 0 Å². The van der Waals surface area contributed by atoms with Crippen LogP contribution in [0.25, 0.3) is 11.1 Å². The third-order valence-corrected chi connectivity index (χ3v) is 4.73. The van der Waals surface area contributed by atoms with Crippen LogP contribution < -0.4 is 5.43 Å².